The first-order chi connectivity index (χ1) is 26.5. The Morgan fingerprint density at radius 2 is 1.76 bits per heavy atom. The fraction of sp³-hybridized carbons (Fsp3) is 0.405. The van der Waals surface area contributed by atoms with E-state index in [-0.39, 0.29) is 36.4 Å². The van der Waals surface area contributed by atoms with E-state index in [0.717, 1.165) is 18.5 Å². The molecule has 55 heavy (non-hydrogen) atoms. The summed E-state index contributed by atoms with van der Waals surface area (Å²) in [5.74, 6) is 0.0913. The molecule has 1 fully saturated rings. The molecule has 2 amide bonds. The van der Waals surface area contributed by atoms with Gasteiger partial charge in [-0.3, -0.25) is 23.9 Å². The van der Waals surface area contributed by atoms with Crippen LogP contribution in [0.4, 0.5) is 0 Å². The number of rotatable bonds is 16. The number of aliphatic hydroxyl groups excluding tert-OH is 1. The van der Waals surface area contributed by atoms with E-state index in [4.69, 9.17) is 16.3 Å². The summed E-state index contributed by atoms with van der Waals surface area (Å²) in [4.78, 5) is 53.3. The third kappa shape index (κ3) is 10.3. The minimum atomic E-state index is -1.17. The molecule has 13 heteroatoms. The van der Waals surface area contributed by atoms with E-state index in [1.54, 1.807) is 42.5 Å². The third-order valence-electron chi connectivity index (χ3n) is 10.2. The molecule has 0 aliphatic carbocycles. The summed E-state index contributed by atoms with van der Waals surface area (Å²) in [6, 6.07) is 21.8. The van der Waals surface area contributed by atoms with Crippen LogP contribution in [0.15, 0.2) is 83.9 Å². The molecule has 0 saturated carbocycles. The molecule has 6 rings (SSSR count). The Bertz CT molecular complexity index is 2170. The summed E-state index contributed by atoms with van der Waals surface area (Å²) in [5.41, 5.74) is 1.56. The zero-order valence-corrected chi connectivity index (χ0v) is 32.2. The monoisotopic (exact) mass is 768 g/mol. The molecule has 5 aromatic rings. The van der Waals surface area contributed by atoms with Crippen molar-refractivity contribution in [1.82, 2.24) is 29.7 Å². The van der Waals surface area contributed by atoms with E-state index in [1.165, 1.54) is 10.9 Å². The van der Waals surface area contributed by atoms with Gasteiger partial charge in [0.2, 0.25) is 5.91 Å². The summed E-state index contributed by atoms with van der Waals surface area (Å²) >= 11 is 6.32. The van der Waals surface area contributed by atoms with Crippen molar-refractivity contribution in [2.24, 2.45) is 5.92 Å². The number of carbonyl (C=O) groups is 2. The molecule has 2 aromatic heterocycles. The van der Waals surface area contributed by atoms with E-state index in [2.05, 4.69) is 20.2 Å². The number of benzene rings is 3. The number of halogens is 1. The van der Waals surface area contributed by atoms with Crippen molar-refractivity contribution in [3.8, 4) is 5.75 Å². The van der Waals surface area contributed by atoms with Crippen LogP contribution in [0.25, 0.3) is 21.8 Å². The van der Waals surface area contributed by atoms with Gasteiger partial charge in [0.1, 0.15) is 5.75 Å². The quantitative estimate of drug-likeness (QED) is 0.120. The Kier molecular flexibility index (Phi) is 13.1. The maximum Gasteiger partial charge on any atom is 0.261 e. The first-order valence-corrected chi connectivity index (χ1v) is 19.2. The zero-order valence-electron chi connectivity index (χ0n) is 31.4. The van der Waals surface area contributed by atoms with E-state index >= 15 is 0 Å². The molecule has 3 aromatic carbocycles. The number of aliphatic hydroxyl groups is 2. The minimum absolute atomic E-state index is 0.0127. The van der Waals surface area contributed by atoms with Gasteiger partial charge in [-0.05, 0) is 88.5 Å². The lowest BCUT2D eigenvalue weighted by atomic mass is 9.88. The number of piperidine rings is 1. The number of pyridine rings is 1. The number of hydrogen-bond donors (Lipinski definition) is 3. The second-order valence-electron chi connectivity index (χ2n) is 14.7. The first kappa shape index (κ1) is 39.8. The Morgan fingerprint density at radius 3 is 2.51 bits per heavy atom. The molecule has 1 atom stereocenters. The predicted molar refractivity (Wildman–Crippen MR) is 213 cm³/mol. The molecule has 12 nitrogen and oxygen atoms in total. The largest absolute Gasteiger partial charge is 0.493 e. The number of likely N-dealkylation sites (tertiary alicyclic amines) is 1. The maximum atomic E-state index is 14.0. The van der Waals surface area contributed by atoms with Crippen molar-refractivity contribution in [3.63, 3.8) is 0 Å². The number of hydrogen-bond acceptors (Lipinski definition) is 9. The summed E-state index contributed by atoms with van der Waals surface area (Å²) in [6.07, 6.45) is 4.70. The van der Waals surface area contributed by atoms with Gasteiger partial charge in [0.15, 0.2) is 0 Å². The van der Waals surface area contributed by atoms with Crippen LogP contribution in [0.1, 0.15) is 53.7 Å². The average molecular weight is 769 g/mol. The highest BCUT2D eigenvalue weighted by atomic mass is 35.5. The van der Waals surface area contributed by atoms with E-state index in [9.17, 15) is 24.6 Å². The van der Waals surface area contributed by atoms with Crippen LogP contribution in [0.5, 0.6) is 5.75 Å². The number of carbonyl (C=O) groups excluding carboxylic acids is 2. The average Bonchev–Trinajstić information content (AvgIpc) is 3.18. The number of nitrogens with zero attached hydrogens (tertiary/aromatic N) is 5. The third-order valence-corrected chi connectivity index (χ3v) is 10.5. The van der Waals surface area contributed by atoms with Gasteiger partial charge in [-0.2, -0.15) is 0 Å². The van der Waals surface area contributed by atoms with Crippen molar-refractivity contribution in [3.05, 3.63) is 111 Å². The van der Waals surface area contributed by atoms with Crippen molar-refractivity contribution in [2.45, 2.75) is 57.3 Å². The molecule has 290 valence electrons. The van der Waals surface area contributed by atoms with Gasteiger partial charge < -0.3 is 30.1 Å². The highest BCUT2D eigenvalue weighted by Gasteiger charge is 2.36. The van der Waals surface area contributed by atoms with Crippen LogP contribution in [0.3, 0.4) is 0 Å². The molecule has 3 N–H and O–H groups in total. The lowest BCUT2D eigenvalue weighted by molar-refractivity contribution is -0.140. The predicted octanol–water partition coefficient (Wildman–Crippen LogP) is 4.84. The van der Waals surface area contributed by atoms with Crippen LogP contribution in [-0.2, 0) is 24.4 Å². The van der Waals surface area contributed by atoms with E-state index < -0.39 is 5.60 Å². The maximum absolute atomic E-state index is 14.0. The SMILES string of the molecule is CN(C)CCCOc1ccc2c(=O)n(CC3(O)CCN(C(=O)C(CCCNC(=O)c4ccc5c(Cl)cc(CO)nc5c4)Cc4ccccc4)CC3)cnc2c1. The number of ether oxygens (including phenoxy) is 1. The van der Waals surface area contributed by atoms with Crippen molar-refractivity contribution in [1.29, 1.82) is 0 Å². The number of fused-ring (bicyclic) bond motifs is 2. The van der Waals surface area contributed by atoms with E-state index in [0.29, 0.717) is 102 Å². The Hall–Kier alpha value is -4.88. The fourth-order valence-corrected chi connectivity index (χ4v) is 7.40. The lowest BCUT2D eigenvalue weighted by Crippen LogP contribution is -2.51. The molecule has 0 bridgehead atoms. The van der Waals surface area contributed by atoms with Crippen LogP contribution in [0.2, 0.25) is 5.02 Å². The highest BCUT2D eigenvalue weighted by molar-refractivity contribution is 6.35. The number of aromatic nitrogens is 3. The molecule has 1 aliphatic heterocycles. The summed E-state index contributed by atoms with van der Waals surface area (Å²) in [6.45, 7) is 2.40. The lowest BCUT2D eigenvalue weighted by Gasteiger charge is -2.39. The van der Waals surface area contributed by atoms with Gasteiger partial charge in [-0.1, -0.05) is 48.0 Å². The normalized spacial score (nSPS) is 14.7. The zero-order chi connectivity index (χ0) is 39.0. The van der Waals surface area contributed by atoms with Crippen molar-refractivity contribution >= 4 is 45.2 Å². The number of amides is 2. The highest BCUT2D eigenvalue weighted by Crippen LogP contribution is 2.28. The molecule has 1 unspecified atom stereocenters. The second-order valence-corrected chi connectivity index (χ2v) is 15.1. The van der Waals surface area contributed by atoms with Gasteiger partial charge in [0.25, 0.3) is 11.5 Å². The molecule has 1 saturated heterocycles. The Morgan fingerprint density at radius 1 is 1.00 bits per heavy atom. The van der Waals surface area contributed by atoms with Crippen LogP contribution < -0.4 is 15.6 Å². The summed E-state index contributed by atoms with van der Waals surface area (Å²) in [5, 5.41) is 25.7. The Balaban J connectivity index is 1.04. The van der Waals surface area contributed by atoms with Gasteiger partial charge in [0.05, 0.1) is 58.8 Å². The first-order valence-electron chi connectivity index (χ1n) is 18.8. The standard InChI is InChI=1S/C42H49ClN6O6/c1-47(2)18-7-21-55-33-12-14-35-37(25-33)45-28-49(41(35)53)27-42(54)15-19-48(20-16-42)40(52)31(22-29-8-4-3-5-9-29)10-6-17-44-39(51)30-11-13-34-36(43)24-32(26-50)46-38(34)23-30/h3-5,8-9,11-14,23-25,28,31,50,54H,6-7,10,15-22,26-27H2,1-2H3,(H,44,51). The molecule has 1 aliphatic rings. The molecular weight excluding hydrogens is 720 g/mol. The Labute approximate surface area is 325 Å². The van der Waals surface area contributed by atoms with Crippen LogP contribution in [0, 0.1) is 5.92 Å². The van der Waals surface area contributed by atoms with E-state index in [1.807, 2.05) is 49.3 Å². The number of nitrogens with one attached hydrogen (secondary N) is 1. The molecule has 0 radical (unpaired) electrons. The van der Waals surface area contributed by atoms with Gasteiger partial charge >= 0.3 is 0 Å². The summed E-state index contributed by atoms with van der Waals surface area (Å²) in [7, 11) is 4.03. The second kappa shape index (κ2) is 18.2. The molecule has 0 spiro atoms. The minimum Gasteiger partial charge on any atom is -0.493 e. The van der Waals surface area contributed by atoms with Crippen molar-refractivity contribution in [2.75, 3.05) is 46.9 Å². The molecule has 3 heterocycles. The van der Waals surface area contributed by atoms with Gasteiger partial charge in [-0.25, -0.2) is 4.98 Å². The fourth-order valence-electron chi connectivity index (χ4n) is 7.11. The topological polar surface area (TPSA) is 150 Å². The van der Waals surface area contributed by atoms with Gasteiger partial charge in [-0.15, -0.1) is 0 Å². The summed E-state index contributed by atoms with van der Waals surface area (Å²) < 4.78 is 7.31. The van der Waals surface area contributed by atoms with Crippen LogP contribution in [-0.4, -0.2) is 98.8 Å². The van der Waals surface area contributed by atoms with Gasteiger partial charge in [0, 0.05) is 49.1 Å². The smallest absolute Gasteiger partial charge is 0.261 e. The van der Waals surface area contributed by atoms with Crippen LogP contribution >= 0.6 is 11.6 Å². The van der Waals surface area contributed by atoms with Crippen molar-refractivity contribution < 1.29 is 24.5 Å². The molecular formula is C42H49ClN6O6.